The van der Waals surface area contributed by atoms with Crippen LogP contribution in [0.2, 0.25) is 0 Å². The molecule has 2 N–H and O–H groups in total. The first-order chi connectivity index (χ1) is 13.8. The fraction of sp³-hybridized carbons (Fsp3) is 0.474. The standard InChI is InChI=1S/C19H22N2O8/c1-11(22)29-16(19(26)27)15-18(25)21(7-8-28-15)13-4-2-3-12(9-13)17(24)20-6-5-14(23)10-20/h2-4,9,14-16,23H,5-8,10H2,1H3,(H,26,27)/t14-,15+,16+/m0/s1. The number of carboxylic acids is 1. The average molecular weight is 406 g/mol. The zero-order chi connectivity index (χ0) is 21.1. The second-order valence-electron chi connectivity index (χ2n) is 6.89. The smallest absolute Gasteiger partial charge is 0.348 e. The van der Waals surface area contributed by atoms with E-state index in [1.807, 2.05) is 0 Å². The van der Waals surface area contributed by atoms with Crippen molar-refractivity contribution in [2.45, 2.75) is 31.7 Å². The number of benzene rings is 1. The summed E-state index contributed by atoms with van der Waals surface area (Å²) in [6.45, 7) is 1.95. The van der Waals surface area contributed by atoms with Gasteiger partial charge in [-0.15, -0.1) is 0 Å². The molecule has 2 heterocycles. The van der Waals surface area contributed by atoms with E-state index in [0.29, 0.717) is 24.2 Å². The van der Waals surface area contributed by atoms with Gasteiger partial charge in [0.1, 0.15) is 0 Å². The third-order valence-corrected chi connectivity index (χ3v) is 4.79. The first kappa shape index (κ1) is 20.7. The Morgan fingerprint density at radius 3 is 2.66 bits per heavy atom. The molecule has 3 atom stereocenters. The highest BCUT2D eigenvalue weighted by Gasteiger charge is 2.42. The van der Waals surface area contributed by atoms with Gasteiger partial charge in [-0.25, -0.2) is 4.79 Å². The van der Waals surface area contributed by atoms with Crippen molar-refractivity contribution in [3.63, 3.8) is 0 Å². The van der Waals surface area contributed by atoms with Crippen LogP contribution in [-0.2, 0) is 23.9 Å². The molecule has 0 aliphatic carbocycles. The predicted molar refractivity (Wildman–Crippen MR) is 98.3 cm³/mol. The zero-order valence-corrected chi connectivity index (χ0v) is 15.8. The van der Waals surface area contributed by atoms with Crippen molar-refractivity contribution in [3.8, 4) is 0 Å². The molecule has 2 aliphatic heterocycles. The van der Waals surface area contributed by atoms with Crippen molar-refractivity contribution in [2.75, 3.05) is 31.1 Å². The molecule has 0 spiro atoms. The van der Waals surface area contributed by atoms with Crippen LogP contribution in [0.5, 0.6) is 0 Å². The number of anilines is 1. The van der Waals surface area contributed by atoms with Crippen molar-refractivity contribution >= 4 is 29.4 Å². The summed E-state index contributed by atoms with van der Waals surface area (Å²) in [5.41, 5.74) is 0.753. The molecule has 1 aromatic carbocycles. The number of amides is 2. The fourth-order valence-electron chi connectivity index (χ4n) is 3.42. The molecule has 0 unspecified atom stereocenters. The molecule has 2 fully saturated rings. The Kier molecular flexibility index (Phi) is 6.14. The van der Waals surface area contributed by atoms with Gasteiger partial charge in [0.25, 0.3) is 11.8 Å². The fourth-order valence-corrected chi connectivity index (χ4v) is 3.42. The topological polar surface area (TPSA) is 134 Å². The average Bonchev–Trinajstić information content (AvgIpc) is 3.12. The quantitative estimate of drug-likeness (QED) is 0.634. The lowest BCUT2D eigenvalue weighted by atomic mass is 10.1. The van der Waals surface area contributed by atoms with E-state index in [9.17, 15) is 29.4 Å². The Balaban J connectivity index is 1.81. The highest BCUT2D eigenvalue weighted by Crippen LogP contribution is 2.24. The lowest BCUT2D eigenvalue weighted by Gasteiger charge is -2.34. The summed E-state index contributed by atoms with van der Waals surface area (Å²) < 4.78 is 10.0. The van der Waals surface area contributed by atoms with Crippen LogP contribution in [0, 0.1) is 0 Å². The summed E-state index contributed by atoms with van der Waals surface area (Å²) in [7, 11) is 0. The normalized spacial score (nSPS) is 23.0. The molecular formula is C19H22N2O8. The maximum absolute atomic E-state index is 12.9. The van der Waals surface area contributed by atoms with E-state index in [2.05, 4.69) is 0 Å². The van der Waals surface area contributed by atoms with E-state index < -0.39 is 36.2 Å². The summed E-state index contributed by atoms with van der Waals surface area (Å²) in [4.78, 5) is 51.0. The molecule has 0 saturated carbocycles. The molecule has 156 valence electrons. The SMILES string of the molecule is CC(=O)O[C@@H](C(=O)O)[C@H]1OCCN(c2cccc(C(=O)N3CC[C@H](O)C3)c2)C1=O. The Hall–Kier alpha value is -2.98. The van der Waals surface area contributed by atoms with E-state index in [1.165, 1.54) is 15.9 Å². The number of aliphatic hydroxyl groups is 1. The van der Waals surface area contributed by atoms with Crippen molar-refractivity contribution in [1.29, 1.82) is 0 Å². The van der Waals surface area contributed by atoms with Crippen molar-refractivity contribution in [3.05, 3.63) is 29.8 Å². The van der Waals surface area contributed by atoms with E-state index >= 15 is 0 Å². The van der Waals surface area contributed by atoms with Crippen LogP contribution in [0.25, 0.3) is 0 Å². The van der Waals surface area contributed by atoms with Crippen LogP contribution >= 0.6 is 0 Å². The number of carboxylic acid groups (broad SMARTS) is 1. The largest absolute Gasteiger partial charge is 0.478 e. The minimum atomic E-state index is -1.77. The minimum Gasteiger partial charge on any atom is -0.478 e. The molecular weight excluding hydrogens is 384 g/mol. The Morgan fingerprint density at radius 2 is 2.03 bits per heavy atom. The number of rotatable bonds is 5. The molecule has 3 rings (SSSR count). The van der Waals surface area contributed by atoms with Gasteiger partial charge in [0.2, 0.25) is 6.10 Å². The van der Waals surface area contributed by atoms with Crippen LogP contribution < -0.4 is 4.90 Å². The molecule has 10 nitrogen and oxygen atoms in total. The summed E-state index contributed by atoms with van der Waals surface area (Å²) in [5, 5.41) is 18.9. The molecule has 2 saturated heterocycles. The van der Waals surface area contributed by atoms with Crippen LogP contribution in [-0.4, -0.2) is 83.4 Å². The predicted octanol–water partition coefficient (Wildman–Crippen LogP) is -0.358. The van der Waals surface area contributed by atoms with E-state index in [4.69, 9.17) is 9.47 Å². The molecule has 2 amide bonds. The third kappa shape index (κ3) is 4.54. The Morgan fingerprint density at radius 1 is 1.28 bits per heavy atom. The van der Waals surface area contributed by atoms with Gasteiger partial charge in [-0.05, 0) is 24.6 Å². The van der Waals surface area contributed by atoms with E-state index in [-0.39, 0.29) is 25.6 Å². The number of carbonyl (C=O) groups excluding carboxylic acids is 3. The molecule has 1 aromatic rings. The lowest BCUT2D eigenvalue weighted by molar-refractivity contribution is -0.177. The number of ether oxygens (including phenoxy) is 2. The summed E-state index contributed by atoms with van der Waals surface area (Å²) >= 11 is 0. The Bertz CT molecular complexity index is 826. The number of aliphatic carboxylic acids is 1. The summed E-state index contributed by atoms with van der Waals surface area (Å²) in [6.07, 6.45) is -3.28. The molecule has 29 heavy (non-hydrogen) atoms. The van der Waals surface area contributed by atoms with Gasteiger partial charge in [0.15, 0.2) is 6.10 Å². The number of nitrogens with zero attached hydrogens (tertiary/aromatic N) is 2. The van der Waals surface area contributed by atoms with Crippen LogP contribution in [0.3, 0.4) is 0 Å². The minimum absolute atomic E-state index is 0.0396. The number of morpholine rings is 1. The molecule has 10 heteroatoms. The number of aliphatic hydroxyl groups excluding tert-OH is 1. The van der Waals surface area contributed by atoms with E-state index in [0.717, 1.165) is 6.92 Å². The number of hydrogen-bond donors (Lipinski definition) is 2. The van der Waals surface area contributed by atoms with Gasteiger partial charge in [0, 0.05) is 37.8 Å². The monoisotopic (exact) mass is 406 g/mol. The highest BCUT2D eigenvalue weighted by atomic mass is 16.6. The number of β-amino-alcohol motifs (C(OH)–C–C–N with tert-alkyl or cyclic N) is 1. The maximum atomic E-state index is 12.9. The van der Waals surface area contributed by atoms with Crippen LogP contribution in [0.4, 0.5) is 5.69 Å². The molecule has 0 radical (unpaired) electrons. The van der Waals surface area contributed by atoms with Gasteiger partial charge in [-0.1, -0.05) is 6.07 Å². The van der Waals surface area contributed by atoms with Gasteiger partial charge >= 0.3 is 11.9 Å². The number of likely N-dealkylation sites (tertiary alicyclic amines) is 1. The van der Waals surface area contributed by atoms with Gasteiger partial charge in [0.05, 0.1) is 12.7 Å². The summed E-state index contributed by atoms with van der Waals surface area (Å²) in [6, 6.07) is 6.39. The number of hydrogen-bond acceptors (Lipinski definition) is 7. The number of carbonyl (C=O) groups is 4. The van der Waals surface area contributed by atoms with Crippen molar-refractivity contribution in [2.24, 2.45) is 0 Å². The van der Waals surface area contributed by atoms with E-state index in [1.54, 1.807) is 18.2 Å². The lowest BCUT2D eigenvalue weighted by Crippen LogP contribution is -2.55. The molecule has 0 aromatic heterocycles. The summed E-state index contributed by atoms with van der Waals surface area (Å²) in [5.74, 6) is -3.27. The second-order valence-corrected chi connectivity index (χ2v) is 6.89. The first-order valence-corrected chi connectivity index (χ1v) is 9.18. The van der Waals surface area contributed by atoms with Crippen LogP contribution in [0.1, 0.15) is 23.7 Å². The molecule has 0 bridgehead atoms. The Labute approximate surface area is 166 Å². The van der Waals surface area contributed by atoms with Gasteiger partial charge in [-0.3, -0.25) is 14.4 Å². The van der Waals surface area contributed by atoms with Crippen molar-refractivity contribution < 1.29 is 38.9 Å². The van der Waals surface area contributed by atoms with Crippen LogP contribution in [0.15, 0.2) is 24.3 Å². The van der Waals surface area contributed by atoms with Crippen molar-refractivity contribution in [1.82, 2.24) is 4.90 Å². The van der Waals surface area contributed by atoms with Gasteiger partial charge in [-0.2, -0.15) is 0 Å². The number of esters is 1. The highest BCUT2D eigenvalue weighted by molar-refractivity contribution is 6.02. The van der Waals surface area contributed by atoms with Gasteiger partial charge < -0.3 is 29.5 Å². The first-order valence-electron chi connectivity index (χ1n) is 9.18. The second kappa shape index (κ2) is 8.58. The third-order valence-electron chi connectivity index (χ3n) is 4.79. The molecule has 2 aliphatic rings. The maximum Gasteiger partial charge on any atom is 0.348 e. The zero-order valence-electron chi connectivity index (χ0n) is 15.8.